The second-order valence-corrected chi connectivity index (χ2v) is 13.0. The number of hydrogen-bond donors (Lipinski definition) is 2. The number of Topliss-reactive ketones (excluding diaryl/α,β-unsaturated/α-hetero) is 1. The second-order valence-electron chi connectivity index (χ2n) is 10.6. The Kier molecular flexibility index (Phi) is 10.0. The van der Waals surface area contributed by atoms with Crippen molar-refractivity contribution in [2.45, 2.75) is 119 Å². The van der Waals surface area contributed by atoms with Crippen LogP contribution in [0.5, 0.6) is 0 Å². The average molecular weight is 495 g/mol. The maximum Gasteiger partial charge on any atom is 0.241 e. The predicted molar refractivity (Wildman–Crippen MR) is 138 cm³/mol. The molecule has 5 nitrogen and oxygen atoms in total. The van der Waals surface area contributed by atoms with E-state index in [1.165, 1.54) is 76.0 Å². The summed E-state index contributed by atoms with van der Waals surface area (Å²) in [5, 5.41) is 5.57. The van der Waals surface area contributed by atoms with E-state index in [-0.39, 0.29) is 34.3 Å². The van der Waals surface area contributed by atoms with Crippen molar-refractivity contribution < 1.29 is 14.4 Å². The molecule has 0 aromatic heterocycles. The molecule has 3 heterocycles. The first-order chi connectivity index (χ1) is 16.1. The fourth-order valence-electron chi connectivity index (χ4n) is 6.26. The summed E-state index contributed by atoms with van der Waals surface area (Å²) >= 11 is 3.17. The lowest BCUT2D eigenvalue weighted by atomic mass is 9.76. The third kappa shape index (κ3) is 7.00. The molecule has 3 aliphatic heterocycles. The third-order valence-electron chi connectivity index (χ3n) is 8.12. The molecule has 2 N–H and O–H groups in total. The first kappa shape index (κ1) is 25.6. The van der Waals surface area contributed by atoms with Gasteiger partial charge in [-0.1, -0.05) is 64.2 Å². The highest BCUT2D eigenvalue weighted by Gasteiger charge is 2.44. The topological polar surface area (TPSA) is 75.3 Å². The zero-order chi connectivity index (χ0) is 23.0. The van der Waals surface area contributed by atoms with Crippen molar-refractivity contribution in [3.8, 4) is 0 Å². The van der Waals surface area contributed by atoms with Gasteiger partial charge >= 0.3 is 0 Å². The molecular formula is C26H42N2O3S2. The van der Waals surface area contributed by atoms with Crippen LogP contribution in [0, 0.1) is 11.8 Å². The number of nitrogens with one attached hydrogen (secondary N) is 2. The molecular weight excluding hydrogens is 452 g/mol. The number of imide groups is 1. The van der Waals surface area contributed by atoms with Crippen LogP contribution in [0.4, 0.5) is 0 Å². The van der Waals surface area contributed by atoms with Crippen LogP contribution in [0.2, 0.25) is 0 Å². The minimum absolute atomic E-state index is 0.140. The van der Waals surface area contributed by atoms with Gasteiger partial charge < -0.3 is 5.32 Å². The molecule has 4 rings (SSSR count). The highest BCUT2D eigenvalue weighted by Crippen LogP contribution is 2.37. The normalized spacial score (nSPS) is 38.1. The molecule has 0 aromatic carbocycles. The van der Waals surface area contributed by atoms with E-state index in [1.807, 2.05) is 0 Å². The van der Waals surface area contributed by atoms with Crippen molar-refractivity contribution in [1.82, 2.24) is 10.6 Å². The van der Waals surface area contributed by atoms with E-state index in [4.69, 9.17) is 0 Å². The van der Waals surface area contributed by atoms with Gasteiger partial charge in [-0.3, -0.25) is 19.7 Å². The van der Waals surface area contributed by atoms with Gasteiger partial charge in [-0.15, -0.1) is 23.5 Å². The molecule has 4 aliphatic rings. The average Bonchev–Trinajstić information content (AvgIpc) is 3.01. The highest BCUT2D eigenvalue weighted by atomic mass is 32.2. The summed E-state index contributed by atoms with van der Waals surface area (Å²) in [4.78, 5) is 38.7. The summed E-state index contributed by atoms with van der Waals surface area (Å²) in [6.07, 6.45) is 18.3. The Hall–Kier alpha value is -0.530. The van der Waals surface area contributed by atoms with Gasteiger partial charge in [-0.25, -0.2) is 0 Å². The van der Waals surface area contributed by atoms with Gasteiger partial charge in [0.05, 0.1) is 6.04 Å². The molecule has 1 saturated carbocycles. The maximum absolute atomic E-state index is 13.7. The highest BCUT2D eigenvalue weighted by molar-refractivity contribution is 8.04. The fourth-order valence-corrected chi connectivity index (χ4v) is 9.03. The van der Waals surface area contributed by atoms with Crippen LogP contribution in [-0.2, 0) is 14.4 Å². The fraction of sp³-hybridized carbons (Fsp3) is 0.885. The molecule has 0 spiro atoms. The summed E-state index contributed by atoms with van der Waals surface area (Å²) in [6.45, 7) is 0. The number of fused-ring (bicyclic) bond motifs is 3. The second kappa shape index (κ2) is 13.0. The SMILES string of the molecule is O=C1C2CSC3C(=O)NC(=O)C3SCCCCCCCCCCCC3CC(CCCCC13)N2. The molecule has 6 atom stereocenters. The van der Waals surface area contributed by atoms with E-state index in [9.17, 15) is 14.4 Å². The largest absolute Gasteiger partial charge is 0.304 e. The van der Waals surface area contributed by atoms with Crippen LogP contribution >= 0.6 is 23.5 Å². The lowest BCUT2D eigenvalue weighted by Crippen LogP contribution is -2.44. The van der Waals surface area contributed by atoms with Crippen LogP contribution in [-0.4, -0.2) is 51.7 Å². The quantitative estimate of drug-likeness (QED) is 0.468. The Labute approximate surface area is 208 Å². The Morgan fingerprint density at radius 2 is 1.27 bits per heavy atom. The standard InChI is InChI=1S/C26H42N2O3S2/c29-22-20-14-10-9-13-19-16-18(20)12-8-6-4-2-1-3-5-7-11-15-32-23-24(26(31)28-25(23)30)33-17-21(22)27-19/h18-21,23-24,27H,1-17H2,(H,28,30,31). The summed E-state index contributed by atoms with van der Waals surface area (Å²) < 4.78 is 0. The van der Waals surface area contributed by atoms with E-state index in [2.05, 4.69) is 10.6 Å². The molecule has 0 aromatic rings. The molecule has 0 radical (unpaired) electrons. The van der Waals surface area contributed by atoms with Gasteiger partial charge in [0.2, 0.25) is 11.8 Å². The van der Waals surface area contributed by atoms with Gasteiger partial charge in [0, 0.05) is 17.7 Å². The number of hydrogen-bond acceptors (Lipinski definition) is 6. The smallest absolute Gasteiger partial charge is 0.241 e. The molecule has 4 fully saturated rings. The molecule has 6 unspecified atom stereocenters. The van der Waals surface area contributed by atoms with Gasteiger partial charge in [0.1, 0.15) is 10.5 Å². The number of ketones is 1. The number of thioether (sulfide) groups is 2. The van der Waals surface area contributed by atoms with Gasteiger partial charge in [0.25, 0.3) is 0 Å². The van der Waals surface area contributed by atoms with Crippen molar-refractivity contribution >= 4 is 41.1 Å². The third-order valence-corrected chi connectivity index (χ3v) is 11.0. The summed E-state index contributed by atoms with van der Waals surface area (Å²) in [7, 11) is 0. The van der Waals surface area contributed by atoms with E-state index in [1.54, 1.807) is 11.8 Å². The summed E-state index contributed by atoms with van der Waals surface area (Å²) in [5.74, 6) is 2.27. The molecule has 4 bridgehead atoms. The van der Waals surface area contributed by atoms with Crippen LogP contribution < -0.4 is 10.6 Å². The van der Waals surface area contributed by atoms with Crippen molar-refractivity contribution in [2.24, 2.45) is 11.8 Å². The van der Waals surface area contributed by atoms with Crippen LogP contribution in [0.3, 0.4) is 0 Å². The Balaban J connectivity index is 1.46. The molecule has 2 amide bonds. The molecule has 186 valence electrons. The molecule has 3 saturated heterocycles. The lowest BCUT2D eigenvalue weighted by Gasteiger charge is -2.28. The number of carbonyl (C=O) groups excluding carboxylic acids is 3. The zero-order valence-electron chi connectivity index (χ0n) is 20.0. The minimum atomic E-state index is -0.372. The number of rotatable bonds is 0. The van der Waals surface area contributed by atoms with Crippen molar-refractivity contribution in [1.29, 1.82) is 0 Å². The van der Waals surface area contributed by atoms with E-state index >= 15 is 0 Å². The first-order valence-corrected chi connectivity index (χ1v) is 15.6. The number of carbonyl (C=O) groups is 3. The van der Waals surface area contributed by atoms with Crippen molar-refractivity contribution in [3.63, 3.8) is 0 Å². The molecule has 7 heteroatoms. The number of amides is 2. The monoisotopic (exact) mass is 494 g/mol. The van der Waals surface area contributed by atoms with Gasteiger partial charge in [0.15, 0.2) is 5.78 Å². The summed E-state index contributed by atoms with van der Waals surface area (Å²) in [6, 6.07) is 0.223. The minimum Gasteiger partial charge on any atom is -0.304 e. The molecule has 33 heavy (non-hydrogen) atoms. The predicted octanol–water partition coefficient (Wildman–Crippen LogP) is 4.87. The summed E-state index contributed by atoms with van der Waals surface area (Å²) in [5.41, 5.74) is 0. The van der Waals surface area contributed by atoms with E-state index in [0.717, 1.165) is 37.9 Å². The maximum atomic E-state index is 13.7. The van der Waals surface area contributed by atoms with E-state index in [0.29, 0.717) is 23.5 Å². The van der Waals surface area contributed by atoms with Gasteiger partial charge in [-0.05, 0) is 43.8 Å². The molecule has 1 aliphatic carbocycles. The van der Waals surface area contributed by atoms with Gasteiger partial charge in [-0.2, -0.15) is 0 Å². The Bertz CT molecular complexity index is 688. The zero-order valence-corrected chi connectivity index (χ0v) is 21.7. The van der Waals surface area contributed by atoms with Crippen LogP contribution in [0.25, 0.3) is 0 Å². The Morgan fingerprint density at radius 1 is 0.667 bits per heavy atom. The van der Waals surface area contributed by atoms with Crippen LogP contribution in [0.1, 0.15) is 96.3 Å². The first-order valence-electron chi connectivity index (χ1n) is 13.5. The van der Waals surface area contributed by atoms with Crippen molar-refractivity contribution in [2.75, 3.05) is 11.5 Å². The van der Waals surface area contributed by atoms with Crippen molar-refractivity contribution in [3.05, 3.63) is 0 Å². The van der Waals surface area contributed by atoms with E-state index < -0.39 is 0 Å². The lowest BCUT2D eigenvalue weighted by molar-refractivity contribution is -0.126. The van der Waals surface area contributed by atoms with Crippen LogP contribution in [0.15, 0.2) is 0 Å². The Morgan fingerprint density at radius 3 is 2.03 bits per heavy atom.